The Morgan fingerprint density at radius 2 is 1.74 bits per heavy atom. The van der Waals surface area contributed by atoms with Crippen LogP contribution in [0.5, 0.6) is 0 Å². The van der Waals surface area contributed by atoms with Crippen molar-refractivity contribution in [3.05, 3.63) is 88.1 Å². The Morgan fingerprint density at radius 1 is 1.00 bits per heavy atom. The van der Waals surface area contributed by atoms with Crippen molar-refractivity contribution >= 4 is 40.8 Å². The van der Waals surface area contributed by atoms with Crippen molar-refractivity contribution in [2.75, 3.05) is 23.7 Å². The van der Waals surface area contributed by atoms with Crippen molar-refractivity contribution in [2.45, 2.75) is 20.3 Å². The maximum absolute atomic E-state index is 14.8. The number of aromatic nitrogens is 1. The van der Waals surface area contributed by atoms with Gasteiger partial charge in [0.2, 0.25) is 0 Å². The van der Waals surface area contributed by atoms with Crippen molar-refractivity contribution in [3.63, 3.8) is 0 Å². The summed E-state index contributed by atoms with van der Waals surface area (Å²) in [6.07, 6.45) is 2.17. The summed E-state index contributed by atoms with van der Waals surface area (Å²) in [7, 11) is 0. The van der Waals surface area contributed by atoms with Crippen LogP contribution in [0, 0.1) is 17.0 Å². The molecule has 1 heterocycles. The number of benzene rings is 2. The second-order valence-electron chi connectivity index (χ2n) is 7.58. The monoisotopic (exact) mass is 499 g/mol. The Hall–Kier alpha value is -3.85. The van der Waals surface area contributed by atoms with Gasteiger partial charge in [0, 0.05) is 24.8 Å². The number of nitrogens with zero attached hydrogens (tertiary/aromatic N) is 2. The third-order valence-electron chi connectivity index (χ3n) is 5.12. The Kier molecular flexibility index (Phi) is 8.48. The van der Waals surface area contributed by atoms with Crippen molar-refractivity contribution in [1.82, 2.24) is 9.88 Å². The van der Waals surface area contributed by atoms with Crippen LogP contribution in [0.15, 0.2) is 54.7 Å². The van der Waals surface area contributed by atoms with Crippen LogP contribution in [0.3, 0.4) is 0 Å². The fourth-order valence-corrected chi connectivity index (χ4v) is 3.48. The summed E-state index contributed by atoms with van der Waals surface area (Å²) in [5, 5.41) is 13.6. The Balaban J connectivity index is 1.81. The average Bonchev–Trinajstić information content (AvgIpc) is 2.84. The number of nitrogens with one attached hydrogen (secondary N) is 3. The molecule has 3 N–H and O–H groups in total. The number of hydrogen-bond donors (Lipinski definition) is 3. The number of halogens is 3. The summed E-state index contributed by atoms with van der Waals surface area (Å²) < 4.78 is 28.7. The van der Waals surface area contributed by atoms with Gasteiger partial charge in [-0.15, -0.1) is 0 Å². The highest BCUT2D eigenvalue weighted by Gasteiger charge is 2.19. The zero-order valence-corrected chi connectivity index (χ0v) is 19.9. The van der Waals surface area contributed by atoms with E-state index in [0.29, 0.717) is 23.7 Å². The molecule has 3 aromatic rings. The molecule has 1 aromatic heterocycles. The molecular formula is C25H24ClF2N5O2. The second kappa shape index (κ2) is 11.5. The first-order valence-electron chi connectivity index (χ1n) is 10.9. The lowest BCUT2D eigenvalue weighted by atomic mass is 10.1. The van der Waals surface area contributed by atoms with Gasteiger partial charge in [0.15, 0.2) is 0 Å². The van der Waals surface area contributed by atoms with E-state index in [4.69, 9.17) is 17.0 Å². The van der Waals surface area contributed by atoms with Gasteiger partial charge in [0.05, 0.1) is 21.8 Å². The van der Waals surface area contributed by atoms with E-state index in [1.807, 2.05) is 13.8 Å². The predicted octanol–water partition coefficient (Wildman–Crippen LogP) is 5.58. The predicted molar refractivity (Wildman–Crippen MR) is 132 cm³/mol. The van der Waals surface area contributed by atoms with Crippen molar-refractivity contribution in [2.24, 2.45) is 0 Å². The zero-order valence-electron chi connectivity index (χ0n) is 19.2. The van der Waals surface area contributed by atoms with Crippen LogP contribution in [0.4, 0.5) is 20.3 Å². The third-order valence-corrected chi connectivity index (χ3v) is 5.35. The average molecular weight is 500 g/mol. The molecule has 0 saturated heterocycles. The van der Waals surface area contributed by atoms with E-state index >= 15 is 0 Å². The number of amides is 2. The second-order valence-corrected chi connectivity index (χ2v) is 8.02. The van der Waals surface area contributed by atoms with E-state index in [1.54, 1.807) is 4.90 Å². The van der Waals surface area contributed by atoms with Crippen LogP contribution >= 0.6 is 11.6 Å². The lowest BCUT2D eigenvalue weighted by Gasteiger charge is -2.23. The standard InChI is InChI=1S/C25H24ClF2N5O2/c1-3-11-33(4-2)23(29)15-5-8-18(20(28)12-15)24(34)31-21-9-7-17(27)13-19(21)25(35)32-22-10-6-16(26)14-30-22/h5-10,12-14,29H,3-4,11H2,1-2H3,(H,31,34)(H,30,32,35). The highest BCUT2D eigenvalue weighted by Crippen LogP contribution is 2.21. The van der Waals surface area contributed by atoms with E-state index in [1.165, 1.54) is 36.5 Å². The molecule has 0 aliphatic rings. The maximum atomic E-state index is 14.8. The van der Waals surface area contributed by atoms with Crippen LogP contribution in [-0.2, 0) is 0 Å². The molecule has 0 atom stereocenters. The van der Waals surface area contributed by atoms with E-state index in [9.17, 15) is 18.4 Å². The summed E-state index contributed by atoms with van der Waals surface area (Å²) in [6, 6.07) is 10.1. The summed E-state index contributed by atoms with van der Waals surface area (Å²) in [6.45, 7) is 5.14. The number of carbonyl (C=O) groups is 2. The number of rotatable bonds is 8. The molecule has 2 aromatic carbocycles. The fraction of sp³-hybridized carbons (Fsp3) is 0.200. The molecule has 182 valence electrons. The molecular weight excluding hydrogens is 476 g/mol. The van der Waals surface area contributed by atoms with Crippen LogP contribution in [0.25, 0.3) is 0 Å². The Labute approximate surface area is 206 Å². The molecule has 0 bridgehead atoms. The third kappa shape index (κ3) is 6.39. The SMILES string of the molecule is CCCN(CC)C(=N)c1ccc(C(=O)Nc2ccc(F)cc2C(=O)Nc2ccc(Cl)cn2)c(F)c1. The van der Waals surface area contributed by atoms with Crippen molar-refractivity contribution < 1.29 is 18.4 Å². The molecule has 35 heavy (non-hydrogen) atoms. The molecule has 0 spiro atoms. The summed E-state index contributed by atoms with van der Waals surface area (Å²) in [5.41, 5.74) is -0.131. The van der Waals surface area contributed by atoms with Gasteiger partial charge < -0.3 is 15.5 Å². The molecule has 0 radical (unpaired) electrons. The quantitative estimate of drug-likeness (QED) is 0.278. The fourth-order valence-electron chi connectivity index (χ4n) is 3.36. The number of amidine groups is 1. The molecule has 0 aliphatic carbocycles. The lowest BCUT2D eigenvalue weighted by Crippen LogP contribution is -2.31. The van der Waals surface area contributed by atoms with E-state index in [0.717, 1.165) is 24.6 Å². The zero-order chi connectivity index (χ0) is 25.5. The minimum Gasteiger partial charge on any atom is -0.357 e. The molecule has 10 heteroatoms. The van der Waals surface area contributed by atoms with Gasteiger partial charge >= 0.3 is 0 Å². The molecule has 7 nitrogen and oxygen atoms in total. The topological polar surface area (TPSA) is 98.2 Å². The summed E-state index contributed by atoms with van der Waals surface area (Å²) >= 11 is 5.79. The highest BCUT2D eigenvalue weighted by atomic mass is 35.5. The first-order chi connectivity index (χ1) is 16.7. The molecule has 0 aliphatic heterocycles. The van der Waals surface area contributed by atoms with E-state index < -0.39 is 23.4 Å². The van der Waals surface area contributed by atoms with Gasteiger partial charge in [-0.25, -0.2) is 13.8 Å². The van der Waals surface area contributed by atoms with Gasteiger partial charge in [0.25, 0.3) is 11.8 Å². The number of anilines is 2. The minimum atomic E-state index is -0.827. The number of pyridine rings is 1. The molecule has 0 unspecified atom stereocenters. The van der Waals surface area contributed by atoms with Gasteiger partial charge in [-0.1, -0.05) is 24.6 Å². The van der Waals surface area contributed by atoms with E-state index in [2.05, 4.69) is 15.6 Å². The Bertz CT molecular complexity index is 1250. The molecule has 2 amide bonds. The van der Waals surface area contributed by atoms with Crippen LogP contribution in [0.2, 0.25) is 5.02 Å². The smallest absolute Gasteiger partial charge is 0.259 e. The number of carbonyl (C=O) groups excluding carboxylic acids is 2. The van der Waals surface area contributed by atoms with Crippen LogP contribution in [0.1, 0.15) is 46.5 Å². The lowest BCUT2D eigenvalue weighted by molar-refractivity contribution is 0.102. The largest absolute Gasteiger partial charge is 0.357 e. The first-order valence-corrected chi connectivity index (χ1v) is 11.3. The highest BCUT2D eigenvalue weighted by molar-refractivity contribution is 6.30. The maximum Gasteiger partial charge on any atom is 0.259 e. The first kappa shape index (κ1) is 25.8. The minimum absolute atomic E-state index is 0.0146. The Morgan fingerprint density at radius 3 is 2.37 bits per heavy atom. The van der Waals surface area contributed by atoms with Crippen molar-refractivity contribution in [1.29, 1.82) is 5.41 Å². The molecule has 0 saturated carbocycles. The van der Waals surface area contributed by atoms with Gasteiger partial charge in [-0.3, -0.25) is 15.0 Å². The van der Waals surface area contributed by atoms with E-state index in [-0.39, 0.29) is 28.5 Å². The van der Waals surface area contributed by atoms with Gasteiger partial charge in [-0.2, -0.15) is 0 Å². The summed E-state index contributed by atoms with van der Waals surface area (Å²) in [4.78, 5) is 31.3. The molecule has 3 rings (SSSR count). The van der Waals surface area contributed by atoms with Crippen LogP contribution < -0.4 is 10.6 Å². The van der Waals surface area contributed by atoms with Crippen molar-refractivity contribution in [3.8, 4) is 0 Å². The van der Waals surface area contributed by atoms with Crippen LogP contribution in [-0.4, -0.2) is 40.6 Å². The normalized spacial score (nSPS) is 10.5. The number of hydrogen-bond acceptors (Lipinski definition) is 4. The molecule has 0 fully saturated rings. The van der Waals surface area contributed by atoms with Gasteiger partial charge in [0.1, 0.15) is 23.3 Å². The summed E-state index contributed by atoms with van der Waals surface area (Å²) in [5.74, 6) is -2.74. The van der Waals surface area contributed by atoms with Gasteiger partial charge in [-0.05, 0) is 55.8 Å².